The highest BCUT2D eigenvalue weighted by Crippen LogP contribution is 2.28. The molecule has 1 aliphatic rings. The molecular weight excluding hydrogens is 316 g/mol. The maximum Gasteiger partial charge on any atom is 0.244 e. The standard InChI is InChI=1S/C15H21ClN6O/c1-11(22-9-12(16)7-19-22)15(23)17-8-14-20-18-10-21(14)13-5-3-2-4-6-13/h7,9-11,13H,2-6,8H2,1H3,(H,17,23). The van der Waals surface area contributed by atoms with Gasteiger partial charge in [-0.3, -0.25) is 9.48 Å². The summed E-state index contributed by atoms with van der Waals surface area (Å²) in [6.45, 7) is 2.15. The normalized spacial score (nSPS) is 17.1. The molecule has 0 radical (unpaired) electrons. The minimum Gasteiger partial charge on any atom is -0.347 e. The van der Waals surface area contributed by atoms with Crippen LogP contribution in [0.4, 0.5) is 0 Å². The molecule has 1 fully saturated rings. The van der Waals surface area contributed by atoms with Crippen LogP contribution in [0.3, 0.4) is 0 Å². The zero-order valence-corrected chi connectivity index (χ0v) is 13.9. The van der Waals surface area contributed by atoms with Crippen molar-refractivity contribution in [1.29, 1.82) is 0 Å². The Morgan fingerprint density at radius 3 is 2.91 bits per heavy atom. The van der Waals surface area contributed by atoms with Crippen molar-refractivity contribution in [3.8, 4) is 0 Å². The van der Waals surface area contributed by atoms with E-state index >= 15 is 0 Å². The minimum absolute atomic E-state index is 0.122. The summed E-state index contributed by atoms with van der Waals surface area (Å²) in [5.74, 6) is 0.680. The molecule has 7 nitrogen and oxygen atoms in total. The molecular formula is C15H21ClN6O. The largest absolute Gasteiger partial charge is 0.347 e. The monoisotopic (exact) mass is 336 g/mol. The molecule has 1 amide bonds. The highest BCUT2D eigenvalue weighted by Gasteiger charge is 2.20. The van der Waals surface area contributed by atoms with E-state index in [1.807, 2.05) is 0 Å². The molecule has 0 saturated heterocycles. The Morgan fingerprint density at radius 1 is 1.43 bits per heavy atom. The van der Waals surface area contributed by atoms with Gasteiger partial charge in [-0.25, -0.2) is 0 Å². The van der Waals surface area contributed by atoms with Crippen LogP contribution >= 0.6 is 11.6 Å². The summed E-state index contributed by atoms with van der Waals surface area (Å²) in [6.07, 6.45) is 11.0. The van der Waals surface area contributed by atoms with Crippen LogP contribution in [0.1, 0.15) is 56.9 Å². The molecule has 3 rings (SSSR count). The molecule has 1 N–H and O–H groups in total. The topological polar surface area (TPSA) is 77.6 Å². The molecule has 0 aromatic carbocycles. The number of amides is 1. The Balaban J connectivity index is 1.60. The van der Waals surface area contributed by atoms with Crippen molar-refractivity contribution >= 4 is 17.5 Å². The second-order valence-corrected chi connectivity index (χ2v) is 6.42. The van der Waals surface area contributed by atoms with Crippen molar-refractivity contribution in [2.75, 3.05) is 0 Å². The van der Waals surface area contributed by atoms with Crippen molar-refractivity contribution in [2.24, 2.45) is 0 Å². The Hall–Kier alpha value is -1.89. The van der Waals surface area contributed by atoms with Crippen LogP contribution in [0.25, 0.3) is 0 Å². The van der Waals surface area contributed by atoms with Crippen LogP contribution in [0.5, 0.6) is 0 Å². The lowest BCUT2D eigenvalue weighted by Gasteiger charge is -2.24. The van der Waals surface area contributed by atoms with E-state index in [2.05, 4.69) is 25.2 Å². The third-order valence-electron chi connectivity index (χ3n) is 4.38. The zero-order valence-electron chi connectivity index (χ0n) is 13.2. The van der Waals surface area contributed by atoms with Gasteiger partial charge in [0, 0.05) is 12.2 Å². The number of nitrogens with zero attached hydrogens (tertiary/aromatic N) is 5. The van der Waals surface area contributed by atoms with Gasteiger partial charge in [-0.1, -0.05) is 30.9 Å². The average Bonchev–Trinajstić information content (AvgIpc) is 3.21. The number of carbonyl (C=O) groups is 1. The molecule has 2 heterocycles. The summed E-state index contributed by atoms with van der Waals surface area (Å²) in [5, 5.41) is 15.6. The van der Waals surface area contributed by atoms with Gasteiger partial charge in [0.2, 0.25) is 5.91 Å². The predicted octanol–water partition coefficient (Wildman–Crippen LogP) is 2.51. The fraction of sp³-hybridized carbons (Fsp3) is 0.600. The zero-order chi connectivity index (χ0) is 16.2. The number of halogens is 1. The first-order chi connectivity index (χ1) is 11.1. The average molecular weight is 337 g/mol. The molecule has 0 spiro atoms. The lowest BCUT2D eigenvalue weighted by Crippen LogP contribution is -2.32. The van der Waals surface area contributed by atoms with Crippen LogP contribution in [-0.2, 0) is 11.3 Å². The predicted molar refractivity (Wildman–Crippen MR) is 85.9 cm³/mol. The van der Waals surface area contributed by atoms with Gasteiger partial charge in [-0.2, -0.15) is 5.10 Å². The van der Waals surface area contributed by atoms with Gasteiger partial charge in [-0.15, -0.1) is 10.2 Å². The summed E-state index contributed by atoms with van der Waals surface area (Å²) >= 11 is 5.84. The first-order valence-corrected chi connectivity index (χ1v) is 8.38. The first-order valence-electron chi connectivity index (χ1n) is 8.01. The number of hydrogen-bond acceptors (Lipinski definition) is 4. The van der Waals surface area contributed by atoms with Crippen LogP contribution in [0, 0.1) is 0 Å². The van der Waals surface area contributed by atoms with Crippen LogP contribution in [-0.4, -0.2) is 30.5 Å². The second-order valence-electron chi connectivity index (χ2n) is 5.98. The van der Waals surface area contributed by atoms with E-state index in [-0.39, 0.29) is 5.91 Å². The maximum atomic E-state index is 12.3. The molecule has 1 atom stereocenters. The van der Waals surface area contributed by atoms with Crippen LogP contribution in [0.15, 0.2) is 18.7 Å². The maximum absolute atomic E-state index is 12.3. The molecule has 124 valence electrons. The molecule has 23 heavy (non-hydrogen) atoms. The number of carbonyl (C=O) groups excluding carboxylic acids is 1. The van der Waals surface area contributed by atoms with Gasteiger partial charge >= 0.3 is 0 Å². The van der Waals surface area contributed by atoms with Gasteiger partial charge in [0.1, 0.15) is 12.4 Å². The van der Waals surface area contributed by atoms with Crippen molar-refractivity contribution in [2.45, 2.75) is 57.7 Å². The van der Waals surface area contributed by atoms with E-state index < -0.39 is 6.04 Å². The highest BCUT2D eigenvalue weighted by atomic mass is 35.5. The van der Waals surface area contributed by atoms with Crippen molar-refractivity contribution in [3.63, 3.8) is 0 Å². The molecule has 8 heteroatoms. The molecule has 1 unspecified atom stereocenters. The van der Waals surface area contributed by atoms with E-state index in [1.165, 1.54) is 25.5 Å². The Morgan fingerprint density at radius 2 is 2.22 bits per heavy atom. The molecule has 0 bridgehead atoms. The Bertz CT molecular complexity index is 660. The van der Waals surface area contributed by atoms with Gasteiger partial charge < -0.3 is 9.88 Å². The molecule has 1 saturated carbocycles. The quantitative estimate of drug-likeness (QED) is 0.910. The smallest absolute Gasteiger partial charge is 0.244 e. The number of hydrogen-bond donors (Lipinski definition) is 1. The van der Waals surface area contributed by atoms with E-state index in [1.54, 1.807) is 24.1 Å². The van der Waals surface area contributed by atoms with Gasteiger partial charge in [-0.05, 0) is 19.8 Å². The summed E-state index contributed by atoms with van der Waals surface area (Å²) in [5.41, 5.74) is 0. The van der Waals surface area contributed by atoms with Crippen LogP contribution < -0.4 is 5.32 Å². The summed E-state index contributed by atoms with van der Waals surface area (Å²) in [6, 6.07) is 0.0292. The van der Waals surface area contributed by atoms with Crippen molar-refractivity contribution in [1.82, 2.24) is 29.9 Å². The third-order valence-corrected chi connectivity index (χ3v) is 4.58. The van der Waals surface area contributed by atoms with E-state index in [9.17, 15) is 4.79 Å². The SMILES string of the molecule is CC(C(=O)NCc1nncn1C1CCCCC1)n1cc(Cl)cn1. The van der Waals surface area contributed by atoms with Gasteiger partial charge in [0.15, 0.2) is 5.82 Å². The highest BCUT2D eigenvalue weighted by molar-refractivity contribution is 6.30. The van der Waals surface area contributed by atoms with Crippen molar-refractivity contribution < 1.29 is 4.79 Å². The van der Waals surface area contributed by atoms with E-state index in [0.717, 1.165) is 18.7 Å². The second kappa shape index (κ2) is 7.12. The molecule has 0 aliphatic heterocycles. The van der Waals surface area contributed by atoms with E-state index in [0.29, 0.717) is 17.6 Å². The van der Waals surface area contributed by atoms with Crippen molar-refractivity contribution in [3.05, 3.63) is 29.6 Å². The Kier molecular flexibility index (Phi) is 4.95. The molecule has 2 aromatic rings. The lowest BCUT2D eigenvalue weighted by atomic mass is 9.95. The minimum atomic E-state index is -0.423. The molecule has 1 aliphatic carbocycles. The number of aromatic nitrogens is 5. The summed E-state index contributed by atoms with van der Waals surface area (Å²) in [4.78, 5) is 12.3. The third kappa shape index (κ3) is 3.72. The lowest BCUT2D eigenvalue weighted by molar-refractivity contribution is -0.124. The Labute approximate surface area is 140 Å². The van der Waals surface area contributed by atoms with Crippen LogP contribution in [0.2, 0.25) is 5.02 Å². The van der Waals surface area contributed by atoms with E-state index in [4.69, 9.17) is 11.6 Å². The fourth-order valence-electron chi connectivity index (χ4n) is 3.02. The first kappa shape index (κ1) is 16.0. The van der Waals surface area contributed by atoms with Gasteiger partial charge in [0.25, 0.3) is 0 Å². The number of nitrogens with one attached hydrogen (secondary N) is 1. The summed E-state index contributed by atoms with van der Waals surface area (Å²) < 4.78 is 3.65. The molecule has 2 aromatic heterocycles. The summed E-state index contributed by atoms with van der Waals surface area (Å²) in [7, 11) is 0. The fourth-order valence-corrected chi connectivity index (χ4v) is 3.16. The van der Waals surface area contributed by atoms with Gasteiger partial charge in [0.05, 0.1) is 17.8 Å². The number of rotatable bonds is 5.